The van der Waals surface area contributed by atoms with E-state index in [1.165, 1.54) is 25.6 Å². The first-order valence-corrected chi connectivity index (χ1v) is 11.1. The maximum atomic E-state index is 12.2. The van der Waals surface area contributed by atoms with Gasteiger partial charge in [0, 0.05) is 64.2 Å². The zero-order valence-electron chi connectivity index (χ0n) is 17.3. The molecule has 0 spiro atoms. The van der Waals surface area contributed by atoms with E-state index in [2.05, 4.69) is 30.0 Å². The lowest BCUT2D eigenvalue weighted by molar-refractivity contribution is -0.0121. The number of aromatic nitrogens is 2. The van der Waals surface area contributed by atoms with Crippen LogP contribution in [0.3, 0.4) is 0 Å². The second kappa shape index (κ2) is 8.73. The summed E-state index contributed by atoms with van der Waals surface area (Å²) in [6.07, 6.45) is 7.63. The van der Waals surface area contributed by atoms with Crippen LogP contribution >= 0.6 is 0 Å². The van der Waals surface area contributed by atoms with Gasteiger partial charge < -0.3 is 14.6 Å². The minimum absolute atomic E-state index is 0.112. The minimum atomic E-state index is -0.112. The number of hydrogen-bond donors (Lipinski definition) is 1. The molecule has 30 heavy (non-hydrogen) atoms. The Kier molecular flexibility index (Phi) is 5.68. The van der Waals surface area contributed by atoms with Crippen LogP contribution in [-0.2, 0) is 0 Å². The number of amides is 1. The van der Waals surface area contributed by atoms with Gasteiger partial charge in [0.15, 0.2) is 5.76 Å². The predicted octanol–water partition coefficient (Wildman–Crippen LogP) is 1.33. The van der Waals surface area contributed by atoms with Gasteiger partial charge in [0.05, 0.1) is 6.26 Å². The van der Waals surface area contributed by atoms with Gasteiger partial charge in [-0.15, -0.1) is 0 Å². The first-order valence-electron chi connectivity index (χ1n) is 11.1. The summed E-state index contributed by atoms with van der Waals surface area (Å²) in [5.74, 6) is 2.62. The van der Waals surface area contributed by atoms with Crippen molar-refractivity contribution in [3.8, 4) is 0 Å². The average molecular weight is 411 g/mol. The van der Waals surface area contributed by atoms with Crippen LogP contribution in [-0.4, -0.2) is 84.1 Å². The number of nitrogens with zero attached hydrogens (tertiary/aromatic N) is 5. The summed E-state index contributed by atoms with van der Waals surface area (Å²) >= 11 is 0. The summed E-state index contributed by atoms with van der Waals surface area (Å²) in [4.78, 5) is 28.4. The van der Waals surface area contributed by atoms with Gasteiger partial charge in [-0.05, 0) is 49.4 Å². The molecule has 0 aliphatic carbocycles. The van der Waals surface area contributed by atoms with Crippen molar-refractivity contribution in [2.24, 2.45) is 11.8 Å². The van der Waals surface area contributed by atoms with Crippen LogP contribution in [0.2, 0.25) is 0 Å². The molecule has 8 nitrogen and oxygen atoms in total. The largest absolute Gasteiger partial charge is 0.459 e. The fraction of sp³-hybridized carbons (Fsp3) is 0.591. The molecule has 6 rings (SSSR count). The highest BCUT2D eigenvalue weighted by Gasteiger charge is 2.40. The normalized spacial score (nSPS) is 29.1. The van der Waals surface area contributed by atoms with Crippen LogP contribution in [0.25, 0.3) is 0 Å². The predicted molar refractivity (Wildman–Crippen MR) is 113 cm³/mol. The van der Waals surface area contributed by atoms with Gasteiger partial charge in [0.25, 0.3) is 5.91 Å². The molecule has 1 unspecified atom stereocenters. The van der Waals surface area contributed by atoms with Crippen LogP contribution in [0.5, 0.6) is 0 Å². The molecule has 0 radical (unpaired) electrons. The number of rotatable bonds is 6. The van der Waals surface area contributed by atoms with E-state index >= 15 is 0 Å². The summed E-state index contributed by atoms with van der Waals surface area (Å²) in [7, 11) is 0. The van der Waals surface area contributed by atoms with E-state index in [-0.39, 0.29) is 5.91 Å². The summed E-state index contributed by atoms with van der Waals surface area (Å²) < 4.78 is 5.19. The lowest BCUT2D eigenvalue weighted by Crippen LogP contribution is -2.59. The van der Waals surface area contributed by atoms with Crippen molar-refractivity contribution in [3.63, 3.8) is 0 Å². The Morgan fingerprint density at radius 2 is 1.97 bits per heavy atom. The van der Waals surface area contributed by atoms with Crippen molar-refractivity contribution in [3.05, 3.63) is 42.6 Å². The second-order valence-corrected chi connectivity index (χ2v) is 8.72. The smallest absolute Gasteiger partial charge is 0.287 e. The van der Waals surface area contributed by atoms with Crippen molar-refractivity contribution in [2.75, 3.05) is 57.3 Å². The maximum absolute atomic E-state index is 12.2. The van der Waals surface area contributed by atoms with Crippen LogP contribution in [0.15, 0.2) is 41.3 Å². The molecule has 2 aromatic heterocycles. The number of piperidine rings is 3. The number of fused-ring (bicyclic) bond motifs is 3. The van der Waals surface area contributed by atoms with Gasteiger partial charge in [0.1, 0.15) is 0 Å². The van der Waals surface area contributed by atoms with E-state index < -0.39 is 0 Å². The molecule has 4 saturated heterocycles. The lowest BCUT2D eigenvalue weighted by Gasteiger charge is -2.51. The van der Waals surface area contributed by atoms with Crippen molar-refractivity contribution < 1.29 is 9.21 Å². The topological polar surface area (TPSA) is 77.7 Å². The fourth-order valence-electron chi connectivity index (χ4n) is 5.29. The number of carbonyl (C=O) groups excluding carboxylic acids is 1. The number of nitrogens with one attached hydrogen (secondary N) is 1. The molecule has 160 valence electrons. The van der Waals surface area contributed by atoms with Gasteiger partial charge in [-0.2, -0.15) is 0 Å². The SMILES string of the molecule is O=C(NC[C@H]1C[C@@H]2CCN1C[C@@H]2CN1CCN(c2ncccn2)CC1)c1ccco1. The highest BCUT2D eigenvalue weighted by atomic mass is 16.3. The van der Waals surface area contributed by atoms with Crippen molar-refractivity contribution >= 4 is 11.9 Å². The van der Waals surface area contributed by atoms with Gasteiger partial charge in [-0.1, -0.05) is 0 Å². The molecule has 4 atom stereocenters. The first-order chi connectivity index (χ1) is 14.8. The molecule has 0 saturated carbocycles. The molecular weight excluding hydrogens is 380 g/mol. The van der Waals surface area contributed by atoms with E-state index in [0.29, 0.717) is 18.3 Å². The number of anilines is 1. The molecule has 1 amide bonds. The summed E-state index contributed by atoms with van der Waals surface area (Å²) in [5.41, 5.74) is 0. The Labute approximate surface area is 177 Å². The fourth-order valence-corrected chi connectivity index (χ4v) is 5.29. The second-order valence-electron chi connectivity index (χ2n) is 8.72. The molecule has 4 fully saturated rings. The standard InChI is InChI=1S/C22H30N6O2/c29-21(20-3-1-12-30-20)25-14-19-13-17-4-7-28(19)16-18(17)15-26-8-10-27(11-9-26)22-23-5-2-6-24-22/h1-3,5-6,12,17-19H,4,7-11,13-16H2,(H,25,29)/t17-,18-,19+/m0/s1. The number of carbonyl (C=O) groups is 1. The Bertz CT molecular complexity index is 821. The quantitative estimate of drug-likeness (QED) is 0.770. The molecule has 1 N–H and O–H groups in total. The zero-order valence-corrected chi connectivity index (χ0v) is 17.3. The highest BCUT2D eigenvalue weighted by molar-refractivity contribution is 5.91. The molecular formula is C22H30N6O2. The van der Waals surface area contributed by atoms with E-state index in [9.17, 15) is 4.79 Å². The summed E-state index contributed by atoms with van der Waals surface area (Å²) in [5, 5.41) is 3.05. The Morgan fingerprint density at radius 1 is 1.13 bits per heavy atom. The van der Waals surface area contributed by atoms with Crippen LogP contribution in [0, 0.1) is 11.8 Å². The molecule has 2 bridgehead atoms. The van der Waals surface area contributed by atoms with Gasteiger partial charge in [-0.25, -0.2) is 9.97 Å². The van der Waals surface area contributed by atoms with E-state index in [1.54, 1.807) is 12.1 Å². The number of furan rings is 1. The van der Waals surface area contributed by atoms with E-state index in [0.717, 1.165) is 57.1 Å². The van der Waals surface area contributed by atoms with Gasteiger partial charge in [-0.3, -0.25) is 14.6 Å². The first kappa shape index (κ1) is 19.5. The zero-order chi connectivity index (χ0) is 20.3. The van der Waals surface area contributed by atoms with Crippen molar-refractivity contribution in [1.29, 1.82) is 0 Å². The summed E-state index contributed by atoms with van der Waals surface area (Å²) in [6.45, 7) is 8.32. The molecule has 2 aromatic rings. The van der Waals surface area contributed by atoms with Gasteiger partial charge >= 0.3 is 0 Å². The monoisotopic (exact) mass is 410 g/mol. The number of hydrogen-bond acceptors (Lipinski definition) is 7. The molecule has 4 aliphatic heterocycles. The molecule has 8 heteroatoms. The van der Waals surface area contributed by atoms with E-state index in [1.807, 2.05) is 18.5 Å². The minimum Gasteiger partial charge on any atom is -0.459 e. The third-order valence-electron chi connectivity index (χ3n) is 6.96. The van der Waals surface area contributed by atoms with Gasteiger partial charge in [0.2, 0.25) is 5.95 Å². The van der Waals surface area contributed by atoms with Crippen LogP contribution in [0.1, 0.15) is 23.4 Å². The Hall–Kier alpha value is -2.45. The van der Waals surface area contributed by atoms with Crippen molar-refractivity contribution in [2.45, 2.75) is 18.9 Å². The third-order valence-corrected chi connectivity index (χ3v) is 6.96. The van der Waals surface area contributed by atoms with E-state index in [4.69, 9.17) is 4.42 Å². The maximum Gasteiger partial charge on any atom is 0.287 e. The molecule has 4 aliphatic rings. The van der Waals surface area contributed by atoms with Crippen molar-refractivity contribution in [1.82, 2.24) is 25.1 Å². The molecule has 6 heterocycles. The molecule has 0 aromatic carbocycles. The average Bonchev–Trinajstić information content (AvgIpc) is 3.34. The van der Waals surface area contributed by atoms with Crippen LogP contribution in [0.4, 0.5) is 5.95 Å². The lowest BCUT2D eigenvalue weighted by atomic mass is 9.75. The highest BCUT2D eigenvalue weighted by Crippen LogP contribution is 2.36. The Balaban J connectivity index is 1.09. The summed E-state index contributed by atoms with van der Waals surface area (Å²) in [6, 6.07) is 5.77. The van der Waals surface area contributed by atoms with Crippen LogP contribution < -0.4 is 10.2 Å². The third kappa shape index (κ3) is 4.20. The number of piperazine rings is 1. The Morgan fingerprint density at radius 3 is 2.67 bits per heavy atom.